The number of nitrogens with two attached hydrogens (primary N) is 2. The second-order valence-corrected chi connectivity index (χ2v) is 2.50. The zero-order valence-electron chi connectivity index (χ0n) is 6.98. The van der Waals surface area contributed by atoms with E-state index in [0.717, 1.165) is 0 Å². The van der Waals surface area contributed by atoms with Gasteiger partial charge in [-0.05, 0) is 13.8 Å². The first kappa shape index (κ1) is 8.51. The first-order valence-electron chi connectivity index (χ1n) is 3.51. The zero-order valence-corrected chi connectivity index (χ0v) is 6.98. The predicted octanol–water partition coefficient (Wildman–Crippen LogP) is -0.177. The van der Waals surface area contributed by atoms with E-state index in [0.29, 0.717) is 0 Å². The van der Waals surface area contributed by atoms with Gasteiger partial charge in [0.15, 0.2) is 0 Å². The lowest BCUT2D eigenvalue weighted by atomic mass is 10.5. The highest BCUT2D eigenvalue weighted by atomic mass is 16.5. The minimum Gasteiger partial charge on any atom is -0.461 e. The summed E-state index contributed by atoms with van der Waals surface area (Å²) in [7, 11) is 0. The summed E-state index contributed by atoms with van der Waals surface area (Å²) in [4.78, 5) is 11.0. The van der Waals surface area contributed by atoms with Crippen LogP contribution in [0.5, 0.6) is 6.01 Å². The van der Waals surface area contributed by atoms with Gasteiger partial charge >= 0.3 is 6.01 Å². The minimum absolute atomic E-state index is 0.00815. The summed E-state index contributed by atoms with van der Waals surface area (Å²) in [6.45, 7) is 3.71. The highest BCUT2D eigenvalue weighted by Crippen LogP contribution is 2.07. The van der Waals surface area contributed by atoms with Gasteiger partial charge in [-0.1, -0.05) is 0 Å². The molecule has 1 aromatic rings. The normalized spacial score (nSPS) is 10.2. The molecule has 1 rings (SSSR count). The zero-order chi connectivity index (χ0) is 9.14. The summed E-state index contributed by atoms with van der Waals surface area (Å²) in [5.74, 6) is 0.135. The average molecular weight is 169 g/mol. The predicted molar refractivity (Wildman–Crippen MR) is 44.4 cm³/mol. The fourth-order valence-electron chi connectivity index (χ4n) is 0.652. The van der Waals surface area contributed by atoms with E-state index < -0.39 is 0 Å². The maximum atomic E-state index is 5.31. The van der Waals surface area contributed by atoms with Gasteiger partial charge in [0.05, 0.1) is 6.10 Å². The molecule has 66 valence electrons. The first-order valence-corrected chi connectivity index (χ1v) is 3.51. The number of nitrogen functional groups attached to an aromatic ring is 2. The van der Waals surface area contributed by atoms with Crippen LogP contribution in [0.25, 0.3) is 0 Å². The van der Waals surface area contributed by atoms with E-state index in [9.17, 15) is 0 Å². The molecule has 6 heteroatoms. The Labute approximate surface area is 70.0 Å². The van der Waals surface area contributed by atoms with Crippen LogP contribution in [0.4, 0.5) is 11.9 Å². The van der Waals surface area contributed by atoms with Crippen molar-refractivity contribution in [2.75, 3.05) is 11.5 Å². The molecular formula is C6H11N5O. The van der Waals surface area contributed by atoms with Crippen LogP contribution < -0.4 is 16.2 Å². The Balaban J connectivity index is 2.85. The topological polar surface area (TPSA) is 99.9 Å². The average Bonchev–Trinajstić information content (AvgIpc) is 1.81. The molecule has 0 aliphatic carbocycles. The minimum atomic E-state index is -0.00815. The van der Waals surface area contributed by atoms with Gasteiger partial charge in [0.2, 0.25) is 11.9 Å². The van der Waals surface area contributed by atoms with Gasteiger partial charge in [-0.15, -0.1) is 0 Å². The molecule has 0 saturated heterocycles. The molecule has 0 unspecified atom stereocenters. The van der Waals surface area contributed by atoms with Gasteiger partial charge < -0.3 is 16.2 Å². The number of aromatic nitrogens is 3. The second kappa shape index (κ2) is 3.21. The summed E-state index contributed by atoms with van der Waals surface area (Å²) in [6.07, 6.45) is -0.00815. The van der Waals surface area contributed by atoms with Crippen LogP contribution in [0.1, 0.15) is 13.8 Å². The first-order chi connectivity index (χ1) is 5.58. The molecule has 0 fully saturated rings. The van der Waals surface area contributed by atoms with Crippen molar-refractivity contribution in [3.63, 3.8) is 0 Å². The van der Waals surface area contributed by atoms with Crippen molar-refractivity contribution < 1.29 is 4.74 Å². The highest BCUT2D eigenvalue weighted by molar-refractivity contribution is 5.27. The van der Waals surface area contributed by atoms with Gasteiger partial charge in [-0.3, -0.25) is 0 Å². The lowest BCUT2D eigenvalue weighted by Crippen LogP contribution is -2.11. The molecule has 0 saturated carbocycles. The third kappa shape index (κ3) is 2.22. The van der Waals surface area contributed by atoms with E-state index >= 15 is 0 Å². The van der Waals surface area contributed by atoms with Crippen molar-refractivity contribution >= 4 is 11.9 Å². The van der Waals surface area contributed by atoms with E-state index in [1.54, 1.807) is 0 Å². The van der Waals surface area contributed by atoms with E-state index in [2.05, 4.69) is 15.0 Å². The number of rotatable bonds is 2. The molecule has 6 nitrogen and oxygen atoms in total. The Morgan fingerprint density at radius 2 is 1.58 bits per heavy atom. The molecule has 0 amide bonds. The molecule has 1 aromatic heterocycles. The molecule has 4 N–H and O–H groups in total. The lowest BCUT2D eigenvalue weighted by Gasteiger charge is -2.07. The molecule has 0 spiro atoms. The maximum Gasteiger partial charge on any atom is 0.323 e. The van der Waals surface area contributed by atoms with Crippen LogP contribution >= 0.6 is 0 Å². The Morgan fingerprint density at radius 1 is 1.08 bits per heavy atom. The summed E-state index contributed by atoms with van der Waals surface area (Å²) >= 11 is 0. The van der Waals surface area contributed by atoms with Crippen molar-refractivity contribution in [2.45, 2.75) is 20.0 Å². The lowest BCUT2D eigenvalue weighted by molar-refractivity contribution is 0.222. The van der Waals surface area contributed by atoms with Crippen LogP contribution in [-0.2, 0) is 0 Å². The van der Waals surface area contributed by atoms with Crippen LogP contribution in [0, 0.1) is 0 Å². The fourth-order valence-corrected chi connectivity index (χ4v) is 0.652. The number of hydrogen-bond donors (Lipinski definition) is 2. The Morgan fingerprint density at radius 3 is 2.00 bits per heavy atom. The smallest absolute Gasteiger partial charge is 0.323 e. The summed E-state index contributed by atoms with van der Waals surface area (Å²) in [6, 6.07) is 0.162. The molecule has 0 radical (unpaired) electrons. The van der Waals surface area contributed by atoms with Crippen molar-refractivity contribution in [3.05, 3.63) is 0 Å². The number of nitrogens with zero attached hydrogens (tertiary/aromatic N) is 3. The standard InChI is InChI=1S/C6H11N5O/c1-3(2)12-6-10-4(7)9-5(8)11-6/h3H,1-2H3,(H4,7,8,9,10,11). The summed E-state index contributed by atoms with van der Waals surface area (Å²) in [5, 5.41) is 0. The van der Waals surface area contributed by atoms with Crippen molar-refractivity contribution in [1.82, 2.24) is 15.0 Å². The largest absolute Gasteiger partial charge is 0.461 e. The Bertz CT molecular complexity index is 254. The van der Waals surface area contributed by atoms with Crippen molar-refractivity contribution in [2.24, 2.45) is 0 Å². The fraction of sp³-hybridized carbons (Fsp3) is 0.500. The third-order valence-corrected chi connectivity index (χ3v) is 0.991. The Kier molecular flexibility index (Phi) is 2.27. The van der Waals surface area contributed by atoms with Crippen LogP contribution in [0.15, 0.2) is 0 Å². The molecular weight excluding hydrogens is 158 g/mol. The van der Waals surface area contributed by atoms with Crippen molar-refractivity contribution in [1.29, 1.82) is 0 Å². The third-order valence-electron chi connectivity index (χ3n) is 0.991. The number of anilines is 2. The van der Waals surface area contributed by atoms with Gasteiger partial charge in [0.25, 0.3) is 0 Å². The number of hydrogen-bond acceptors (Lipinski definition) is 6. The molecule has 1 heterocycles. The molecule has 0 bridgehead atoms. The molecule has 12 heavy (non-hydrogen) atoms. The van der Waals surface area contributed by atoms with Crippen LogP contribution in [0.2, 0.25) is 0 Å². The van der Waals surface area contributed by atoms with Gasteiger partial charge in [0, 0.05) is 0 Å². The molecule has 0 atom stereocenters. The van der Waals surface area contributed by atoms with Gasteiger partial charge in [0.1, 0.15) is 0 Å². The van der Waals surface area contributed by atoms with E-state index in [-0.39, 0.29) is 24.0 Å². The second-order valence-electron chi connectivity index (χ2n) is 2.50. The molecule has 0 aromatic carbocycles. The van der Waals surface area contributed by atoms with E-state index in [1.807, 2.05) is 13.8 Å². The summed E-state index contributed by atoms with van der Waals surface area (Å²) in [5.41, 5.74) is 10.6. The van der Waals surface area contributed by atoms with E-state index in [4.69, 9.17) is 16.2 Å². The highest BCUT2D eigenvalue weighted by Gasteiger charge is 2.03. The maximum absolute atomic E-state index is 5.31. The van der Waals surface area contributed by atoms with Crippen LogP contribution in [-0.4, -0.2) is 21.1 Å². The Hall–Kier alpha value is -1.59. The van der Waals surface area contributed by atoms with Gasteiger partial charge in [-0.25, -0.2) is 0 Å². The quantitative estimate of drug-likeness (QED) is 0.637. The molecule has 0 aliphatic heterocycles. The van der Waals surface area contributed by atoms with Crippen molar-refractivity contribution in [3.8, 4) is 6.01 Å². The van der Waals surface area contributed by atoms with Crippen LogP contribution in [0.3, 0.4) is 0 Å². The monoisotopic (exact) mass is 169 g/mol. The molecule has 0 aliphatic rings. The SMILES string of the molecule is CC(C)Oc1nc(N)nc(N)n1. The van der Waals surface area contributed by atoms with Gasteiger partial charge in [-0.2, -0.15) is 15.0 Å². The van der Waals surface area contributed by atoms with E-state index in [1.165, 1.54) is 0 Å². The number of ether oxygens (including phenoxy) is 1. The summed E-state index contributed by atoms with van der Waals surface area (Å²) < 4.78 is 5.15.